The van der Waals surface area contributed by atoms with Crippen LogP contribution in [0.15, 0.2) is 50.2 Å². The van der Waals surface area contributed by atoms with Gasteiger partial charge in [-0.1, -0.05) is 40.0 Å². The molecule has 0 N–H and O–H groups in total. The highest BCUT2D eigenvalue weighted by Gasteiger charge is 2.44. The normalized spacial score (nSPS) is 23.8. The molecule has 0 saturated heterocycles. The maximum absolute atomic E-state index is 13.3. The molecule has 2 bridgehead atoms. The molecule has 2 aliphatic carbocycles. The van der Waals surface area contributed by atoms with Crippen LogP contribution in [0.2, 0.25) is 0 Å². The highest BCUT2D eigenvalue weighted by Crippen LogP contribution is 2.50. The van der Waals surface area contributed by atoms with Crippen molar-refractivity contribution in [3.63, 3.8) is 0 Å². The average molecular weight is 528 g/mol. The Hall–Kier alpha value is -1.18. The molecule has 0 radical (unpaired) electrons. The Morgan fingerprint density at radius 1 is 1.07 bits per heavy atom. The van der Waals surface area contributed by atoms with Gasteiger partial charge in [-0.05, 0) is 78.2 Å². The number of hydrogen-bond donors (Lipinski definition) is 0. The first-order valence-corrected chi connectivity index (χ1v) is 12.3. The highest BCUT2D eigenvalue weighted by molar-refractivity contribution is 9.11. The molecule has 4 rings (SSSR count). The fourth-order valence-corrected chi connectivity index (χ4v) is 6.83. The van der Waals surface area contributed by atoms with Crippen molar-refractivity contribution in [2.24, 2.45) is 17.8 Å². The van der Waals surface area contributed by atoms with Crippen LogP contribution in [0.1, 0.15) is 41.6 Å². The van der Waals surface area contributed by atoms with Gasteiger partial charge in [0.05, 0.1) is 10.0 Å². The van der Waals surface area contributed by atoms with Gasteiger partial charge in [0, 0.05) is 10.4 Å². The first-order valence-electron chi connectivity index (χ1n) is 9.29. The van der Waals surface area contributed by atoms with Crippen LogP contribution in [0.25, 0.3) is 0 Å². The average Bonchev–Trinajstić information content (AvgIpc) is 3.27. The molecule has 4 nitrogen and oxygen atoms in total. The maximum Gasteiger partial charge on any atom is 0.339 e. The quantitative estimate of drug-likeness (QED) is 0.358. The standard InChI is InChI=1S/C21H20Br2O4S/c1-12-2-6-16(7-3-12)28(25,26)27-21-18(10-15(22)11-19(21)23)20(24)17-9-13-4-5-14(17)8-13/h2-3,6-7,10-11,13-14,17H,4-5,8-9H2,1H3/t13-,14+,17+/m1/s1. The molecular weight excluding hydrogens is 508 g/mol. The van der Waals surface area contributed by atoms with Gasteiger partial charge in [-0.25, -0.2) is 0 Å². The molecule has 2 fully saturated rings. The summed E-state index contributed by atoms with van der Waals surface area (Å²) >= 11 is 6.79. The zero-order chi connectivity index (χ0) is 20.1. The number of carbonyl (C=O) groups is 1. The van der Waals surface area contributed by atoms with E-state index in [0.717, 1.165) is 24.8 Å². The van der Waals surface area contributed by atoms with Gasteiger partial charge in [0.1, 0.15) is 4.90 Å². The van der Waals surface area contributed by atoms with Crippen LogP contribution >= 0.6 is 31.9 Å². The summed E-state index contributed by atoms with van der Waals surface area (Å²) in [7, 11) is -4.05. The summed E-state index contributed by atoms with van der Waals surface area (Å²) in [5, 5.41) is 0. The number of Topliss-reactive ketones (excluding diaryl/α,β-unsaturated/α-hetero) is 1. The minimum atomic E-state index is -4.05. The number of ketones is 1. The second kappa shape index (κ2) is 7.58. The minimum absolute atomic E-state index is 0.0247. The van der Waals surface area contributed by atoms with Crippen LogP contribution < -0.4 is 4.18 Å². The lowest BCUT2D eigenvalue weighted by Gasteiger charge is -2.22. The van der Waals surface area contributed by atoms with Crippen molar-refractivity contribution in [2.75, 3.05) is 0 Å². The number of fused-ring (bicyclic) bond motifs is 2. The monoisotopic (exact) mass is 526 g/mol. The van der Waals surface area contributed by atoms with Crippen LogP contribution in [0, 0.1) is 24.7 Å². The van der Waals surface area contributed by atoms with Crippen molar-refractivity contribution >= 4 is 47.8 Å². The number of halogens is 2. The molecule has 0 aromatic heterocycles. The first-order chi connectivity index (χ1) is 13.2. The van der Waals surface area contributed by atoms with Crippen LogP contribution in [-0.2, 0) is 10.1 Å². The molecule has 28 heavy (non-hydrogen) atoms. The highest BCUT2D eigenvalue weighted by atomic mass is 79.9. The lowest BCUT2D eigenvalue weighted by molar-refractivity contribution is 0.0873. The molecular formula is C21H20Br2O4S. The summed E-state index contributed by atoms with van der Waals surface area (Å²) in [6.07, 6.45) is 4.26. The molecule has 2 aromatic carbocycles. The predicted octanol–water partition coefficient (Wildman–Crippen LogP) is 5.91. The number of rotatable bonds is 5. The van der Waals surface area contributed by atoms with Crippen molar-refractivity contribution in [1.29, 1.82) is 0 Å². The fourth-order valence-electron chi connectivity index (χ4n) is 4.46. The van der Waals surface area contributed by atoms with Crippen molar-refractivity contribution < 1.29 is 17.4 Å². The molecule has 7 heteroatoms. The van der Waals surface area contributed by atoms with Crippen molar-refractivity contribution in [2.45, 2.75) is 37.5 Å². The molecule has 3 atom stereocenters. The third-order valence-electron chi connectivity index (χ3n) is 5.85. The number of benzene rings is 2. The molecule has 0 spiro atoms. The summed E-state index contributed by atoms with van der Waals surface area (Å²) in [6, 6.07) is 9.81. The van der Waals surface area contributed by atoms with E-state index in [1.165, 1.54) is 18.6 Å². The van der Waals surface area contributed by atoms with Gasteiger partial charge < -0.3 is 4.18 Å². The summed E-state index contributed by atoms with van der Waals surface area (Å²) in [6.45, 7) is 1.88. The van der Waals surface area contributed by atoms with E-state index in [1.807, 2.05) is 6.92 Å². The van der Waals surface area contributed by atoms with E-state index in [0.29, 0.717) is 26.3 Å². The molecule has 0 heterocycles. The minimum Gasteiger partial charge on any atom is -0.377 e. The van der Waals surface area contributed by atoms with Crippen LogP contribution in [0.4, 0.5) is 0 Å². The van der Waals surface area contributed by atoms with E-state index in [1.54, 1.807) is 24.3 Å². The van der Waals surface area contributed by atoms with Gasteiger partial charge in [-0.3, -0.25) is 4.79 Å². The molecule has 0 amide bonds. The Bertz CT molecular complexity index is 1030. The van der Waals surface area contributed by atoms with Gasteiger partial charge in [0.15, 0.2) is 11.5 Å². The fraction of sp³-hybridized carbons (Fsp3) is 0.381. The van der Waals surface area contributed by atoms with E-state index < -0.39 is 10.1 Å². The third-order valence-corrected chi connectivity index (χ3v) is 8.13. The van der Waals surface area contributed by atoms with Crippen molar-refractivity contribution in [1.82, 2.24) is 0 Å². The van der Waals surface area contributed by atoms with Crippen molar-refractivity contribution in [3.8, 4) is 5.75 Å². The van der Waals surface area contributed by atoms with Crippen molar-refractivity contribution in [3.05, 3.63) is 56.5 Å². The van der Waals surface area contributed by atoms with Gasteiger partial charge in [-0.2, -0.15) is 8.42 Å². The van der Waals surface area contributed by atoms with E-state index in [4.69, 9.17) is 4.18 Å². The Balaban J connectivity index is 1.71. The molecule has 2 aromatic rings. The Labute approximate surface area is 182 Å². The lowest BCUT2D eigenvalue weighted by Crippen LogP contribution is -2.22. The lowest BCUT2D eigenvalue weighted by atomic mass is 9.83. The predicted molar refractivity (Wildman–Crippen MR) is 114 cm³/mol. The Morgan fingerprint density at radius 2 is 1.79 bits per heavy atom. The second-order valence-electron chi connectivity index (χ2n) is 7.76. The molecule has 2 aliphatic rings. The van der Waals surface area contributed by atoms with Crippen LogP contribution in [-0.4, -0.2) is 14.2 Å². The van der Waals surface area contributed by atoms with E-state index in [2.05, 4.69) is 31.9 Å². The summed E-state index contributed by atoms with van der Waals surface area (Å²) < 4.78 is 32.2. The van der Waals surface area contributed by atoms with Gasteiger partial charge in [0.2, 0.25) is 0 Å². The van der Waals surface area contributed by atoms with E-state index in [-0.39, 0.29) is 22.3 Å². The molecule has 2 saturated carbocycles. The Kier molecular flexibility index (Phi) is 5.44. The SMILES string of the molecule is Cc1ccc(S(=O)(=O)Oc2c(Br)cc(Br)cc2C(=O)[C@H]2C[C@@H]3CC[C@H]2C3)cc1. The third kappa shape index (κ3) is 3.81. The molecule has 148 valence electrons. The second-order valence-corrected chi connectivity index (χ2v) is 11.1. The van der Waals surface area contributed by atoms with Crippen LogP contribution in [0.5, 0.6) is 5.75 Å². The summed E-state index contributed by atoms with van der Waals surface area (Å²) in [4.78, 5) is 13.4. The number of carbonyl (C=O) groups excluding carboxylic acids is 1. The summed E-state index contributed by atoms with van der Waals surface area (Å²) in [5.41, 5.74) is 1.27. The van der Waals surface area contributed by atoms with Gasteiger partial charge in [0.25, 0.3) is 0 Å². The smallest absolute Gasteiger partial charge is 0.339 e. The van der Waals surface area contributed by atoms with Gasteiger partial charge in [-0.15, -0.1) is 0 Å². The van der Waals surface area contributed by atoms with Crippen LogP contribution in [0.3, 0.4) is 0 Å². The zero-order valence-electron chi connectivity index (χ0n) is 15.3. The summed E-state index contributed by atoms with van der Waals surface area (Å²) in [5.74, 6) is 1.01. The molecule has 0 aliphatic heterocycles. The maximum atomic E-state index is 13.3. The largest absolute Gasteiger partial charge is 0.377 e. The Morgan fingerprint density at radius 3 is 2.39 bits per heavy atom. The molecule has 0 unspecified atom stereocenters. The first kappa shape index (κ1) is 20.1. The number of hydrogen-bond acceptors (Lipinski definition) is 4. The van der Waals surface area contributed by atoms with Gasteiger partial charge >= 0.3 is 10.1 Å². The number of aryl methyl sites for hydroxylation is 1. The van der Waals surface area contributed by atoms with E-state index in [9.17, 15) is 13.2 Å². The van der Waals surface area contributed by atoms with E-state index >= 15 is 0 Å². The zero-order valence-corrected chi connectivity index (χ0v) is 19.3. The topological polar surface area (TPSA) is 60.4 Å².